The Labute approximate surface area is 182 Å². The molecule has 31 heavy (non-hydrogen) atoms. The van der Waals surface area contributed by atoms with Crippen molar-refractivity contribution in [1.29, 1.82) is 0 Å². The molecule has 0 bridgehead atoms. The number of thioether (sulfide) groups is 1. The van der Waals surface area contributed by atoms with Crippen molar-refractivity contribution in [3.05, 3.63) is 65.7 Å². The van der Waals surface area contributed by atoms with Crippen molar-refractivity contribution in [2.24, 2.45) is 0 Å². The van der Waals surface area contributed by atoms with E-state index in [0.29, 0.717) is 12.8 Å². The van der Waals surface area contributed by atoms with Gasteiger partial charge in [-0.05, 0) is 54.3 Å². The van der Waals surface area contributed by atoms with Gasteiger partial charge in [-0.2, -0.15) is 13.2 Å². The number of halogens is 3. The number of carbonyl (C=O) groups is 2. The summed E-state index contributed by atoms with van der Waals surface area (Å²) in [5.74, 6) is -0.506. The van der Waals surface area contributed by atoms with E-state index in [1.807, 2.05) is 30.3 Å². The zero-order chi connectivity index (χ0) is 22.1. The van der Waals surface area contributed by atoms with Gasteiger partial charge in [0.1, 0.15) is 6.17 Å². The van der Waals surface area contributed by atoms with Gasteiger partial charge in [0.15, 0.2) is 0 Å². The fourth-order valence-electron chi connectivity index (χ4n) is 4.02. The van der Waals surface area contributed by atoms with Gasteiger partial charge in [0.2, 0.25) is 11.8 Å². The van der Waals surface area contributed by atoms with Crippen LogP contribution < -0.4 is 16.0 Å². The highest BCUT2D eigenvalue weighted by Gasteiger charge is 2.42. The normalized spacial score (nSPS) is 22.9. The van der Waals surface area contributed by atoms with E-state index in [1.54, 1.807) is 12.1 Å². The van der Waals surface area contributed by atoms with Crippen LogP contribution >= 0.6 is 11.8 Å². The van der Waals surface area contributed by atoms with Crippen LogP contribution in [0.3, 0.4) is 0 Å². The number of hydrogen-bond donors (Lipinski definition) is 3. The van der Waals surface area contributed by atoms with Crippen molar-refractivity contribution in [2.75, 3.05) is 0 Å². The minimum absolute atomic E-state index is 0.0202. The van der Waals surface area contributed by atoms with Crippen molar-refractivity contribution in [1.82, 2.24) is 16.0 Å². The fraction of sp³-hybridized carbons (Fsp3) is 0.364. The number of amides is 2. The molecular formula is C22H22F3N3O2S. The summed E-state index contributed by atoms with van der Waals surface area (Å²) in [4.78, 5) is 25.4. The topological polar surface area (TPSA) is 70.2 Å². The molecule has 1 aliphatic carbocycles. The van der Waals surface area contributed by atoms with Gasteiger partial charge in [0.05, 0.1) is 18.0 Å². The van der Waals surface area contributed by atoms with Crippen molar-refractivity contribution in [2.45, 2.75) is 53.8 Å². The lowest BCUT2D eigenvalue weighted by atomic mass is 9.71. The highest BCUT2D eigenvalue weighted by Crippen LogP contribution is 2.43. The van der Waals surface area contributed by atoms with Gasteiger partial charge in [-0.15, -0.1) is 0 Å². The summed E-state index contributed by atoms with van der Waals surface area (Å²) in [5.41, 5.74) is -3.33. The van der Waals surface area contributed by atoms with Gasteiger partial charge in [0.25, 0.3) is 0 Å². The molecule has 4 rings (SSSR count). The van der Waals surface area contributed by atoms with E-state index in [-0.39, 0.29) is 34.9 Å². The van der Waals surface area contributed by atoms with Crippen molar-refractivity contribution in [3.63, 3.8) is 0 Å². The molecule has 2 aliphatic rings. The Kier molecular flexibility index (Phi) is 5.98. The van der Waals surface area contributed by atoms with Crippen LogP contribution in [0, 0.1) is 0 Å². The van der Waals surface area contributed by atoms with Gasteiger partial charge in [-0.25, -0.2) is 0 Å². The third-order valence-corrected chi connectivity index (χ3v) is 6.46. The summed E-state index contributed by atoms with van der Waals surface area (Å²) in [6.45, 7) is 0. The molecule has 1 saturated heterocycles. The summed E-state index contributed by atoms with van der Waals surface area (Å²) in [7, 11) is 0. The van der Waals surface area contributed by atoms with Gasteiger partial charge >= 0.3 is 5.51 Å². The molecule has 2 amide bonds. The first kappa shape index (κ1) is 21.7. The summed E-state index contributed by atoms with van der Waals surface area (Å²) in [5, 5.41) is 9.09. The molecule has 9 heteroatoms. The SMILES string of the molecule is O=C1CC(C(=O)NC2(c3ccc(SC(F)(F)F)cc3)CCC2)NC(c2ccccc2)N1. The van der Waals surface area contributed by atoms with Crippen LogP contribution in [0.25, 0.3) is 0 Å². The van der Waals surface area contributed by atoms with Crippen molar-refractivity contribution < 1.29 is 22.8 Å². The molecule has 3 N–H and O–H groups in total. The smallest absolute Gasteiger partial charge is 0.345 e. The van der Waals surface area contributed by atoms with Gasteiger partial charge in [-0.3, -0.25) is 14.9 Å². The van der Waals surface area contributed by atoms with E-state index in [9.17, 15) is 22.8 Å². The summed E-state index contributed by atoms with van der Waals surface area (Å²) < 4.78 is 37.8. The number of hydrogen-bond acceptors (Lipinski definition) is 4. The van der Waals surface area contributed by atoms with Crippen LogP contribution in [0.1, 0.15) is 43.0 Å². The maximum Gasteiger partial charge on any atom is 0.446 e. The third kappa shape index (κ3) is 5.04. The van der Waals surface area contributed by atoms with Crippen LogP contribution in [-0.4, -0.2) is 23.4 Å². The molecule has 0 spiro atoms. The average Bonchev–Trinajstić information content (AvgIpc) is 2.70. The molecule has 0 radical (unpaired) electrons. The minimum Gasteiger partial charge on any atom is -0.345 e. The van der Waals surface area contributed by atoms with Crippen LogP contribution in [0.5, 0.6) is 0 Å². The monoisotopic (exact) mass is 449 g/mol. The standard InChI is InChI=1S/C22H22F3N3O2S/c23-22(24,25)31-16-9-7-15(8-10-16)21(11-4-12-21)28-20(30)17-13-18(29)27-19(26-17)14-5-2-1-3-6-14/h1-3,5-10,17,19,26H,4,11-13H2,(H,27,29)(H,28,30). The number of carbonyl (C=O) groups excluding carboxylic acids is 2. The van der Waals surface area contributed by atoms with Crippen molar-refractivity contribution in [3.8, 4) is 0 Å². The van der Waals surface area contributed by atoms with E-state index in [0.717, 1.165) is 17.5 Å². The van der Waals surface area contributed by atoms with E-state index in [2.05, 4.69) is 16.0 Å². The average molecular weight is 449 g/mol. The Morgan fingerprint density at radius 3 is 2.32 bits per heavy atom. The van der Waals surface area contributed by atoms with Gasteiger partial charge < -0.3 is 10.6 Å². The molecule has 5 nitrogen and oxygen atoms in total. The van der Waals surface area contributed by atoms with Crippen LogP contribution in [-0.2, 0) is 15.1 Å². The Hall–Kier alpha value is -2.52. The zero-order valence-electron chi connectivity index (χ0n) is 16.5. The van der Waals surface area contributed by atoms with E-state index >= 15 is 0 Å². The van der Waals surface area contributed by atoms with Gasteiger partial charge in [-0.1, -0.05) is 42.5 Å². The first-order valence-corrected chi connectivity index (χ1v) is 10.8. The highest BCUT2D eigenvalue weighted by molar-refractivity contribution is 8.00. The second-order valence-electron chi connectivity index (χ2n) is 7.83. The lowest BCUT2D eigenvalue weighted by Crippen LogP contribution is -2.60. The first-order valence-electron chi connectivity index (χ1n) is 10.0. The fourth-order valence-corrected chi connectivity index (χ4v) is 4.55. The molecule has 0 aromatic heterocycles. The van der Waals surface area contributed by atoms with E-state index in [1.165, 1.54) is 12.1 Å². The van der Waals surface area contributed by atoms with Crippen LogP contribution in [0.4, 0.5) is 13.2 Å². The molecule has 2 fully saturated rings. The minimum atomic E-state index is -4.34. The van der Waals surface area contributed by atoms with E-state index in [4.69, 9.17) is 0 Å². The Morgan fingerprint density at radius 2 is 1.74 bits per heavy atom. The quantitative estimate of drug-likeness (QED) is 0.605. The largest absolute Gasteiger partial charge is 0.446 e. The highest BCUT2D eigenvalue weighted by atomic mass is 32.2. The maximum absolute atomic E-state index is 13.1. The number of rotatable bonds is 5. The van der Waals surface area contributed by atoms with Gasteiger partial charge in [0, 0.05) is 4.90 Å². The third-order valence-electron chi connectivity index (χ3n) is 5.72. The summed E-state index contributed by atoms with van der Waals surface area (Å²) >= 11 is -0.161. The predicted molar refractivity (Wildman–Crippen MR) is 111 cm³/mol. The summed E-state index contributed by atoms with van der Waals surface area (Å²) in [6, 6.07) is 14.8. The number of benzene rings is 2. The molecule has 164 valence electrons. The first-order chi connectivity index (χ1) is 14.7. The predicted octanol–water partition coefficient (Wildman–Crippen LogP) is 3.97. The van der Waals surface area contributed by atoms with Crippen LogP contribution in [0.2, 0.25) is 0 Å². The molecule has 1 saturated carbocycles. The number of nitrogens with one attached hydrogen (secondary N) is 3. The Bertz CT molecular complexity index is 947. The molecule has 2 unspecified atom stereocenters. The Balaban J connectivity index is 1.46. The number of alkyl halides is 3. The zero-order valence-corrected chi connectivity index (χ0v) is 17.4. The van der Waals surface area contributed by atoms with E-state index < -0.39 is 23.3 Å². The molecule has 2 aromatic carbocycles. The Morgan fingerprint density at radius 1 is 1.06 bits per heavy atom. The molecule has 2 aromatic rings. The molecule has 1 heterocycles. The lowest BCUT2D eigenvalue weighted by molar-refractivity contribution is -0.133. The molecular weight excluding hydrogens is 427 g/mol. The molecule has 1 aliphatic heterocycles. The van der Waals surface area contributed by atoms with Crippen molar-refractivity contribution >= 4 is 23.6 Å². The lowest BCUT2D eigenvalue weighted by Gasteiger charge is -2.44. The molecule has 2 atom stereocenters. The summed E-state index contributed by atoms with van der Waals surface area (Å²) in [6.07, 6.45) is 1.86. The second-order valence-corrected chi connectivity index (χ2v) is 8.97. The maximum atomic E-state index is 13.1. The van der Waals surface area contributed by atoms with Crippen LogP contribution in [0.15, 0.2) is 59.5 Å². The second kappa shape index (κ2) is 8.55.